The van der Waals surface area contributed by atoms with E-state index in [0.29, 0.717) is 23.4 Å². The molecule has 1 aliphatic rings. The molecule has 0 radical (unpaired) electrons. The van der Waals surface area contributed by atoms with Gasteiger partial charge in [0.2, 0.25) is 0 Å². The molecule has 0 amide bonds. The zero-order valence-corrected chi connectivity index (χ0v) is 11.6. The van der Waals surface area contributed by atoms with Crippen molar-refractivity contribution in [1.82, 2.24) is 10.2 Å². The van der Waals surface area contributed by atoms with Crippen molar-refractivity contribution in [2.75, 3.05) is 19.6 Å². The molecule has 2 rings (SSSR count). The van der Waals surface area contributed by atoms with Crippen molar-refractivity contribution in [3.63, 3.8) is 0 Å². The van der Waals surface area contributed by atoms with E-state index in [1.807, 2.05) is 6.07 Å². The first-order valence-corrected chi connectivity index (χ1v) is 6.96. The van der Waals surface area contributed by atoms with Crippen LogP contribution in [0.4, 0.5) is 0 Å². The fourth-order valence-corrected chi connectivity index (χ4v) is 2.59. The van der Waals surface area contributed by atoms with Gasteiger partial charge in [-0.25, -0.2) is 0 Å². The Morgan fingerprint density at radius 2 is 2.11 bits per heavy atom. The molecule has 18 heavy (non-hydrogen) atoms. The summed E-state index contributed by atoms with van der Waals surface area (Å²) in [6, 6.07) is 5.58. The number of phenols is 1. The van der Waals surface area contributed by atoms with Crippen LogP contribution in [0.15, 0.2) is 18.2 Å². The third kappa shape index (κ3) is 3.87. The van der Waals surface area contributed by atoms with Crippen molar-refractivity contribution in [3.05, 3.63) is 28.8 Å². The highest BCUT2D eigenvalue weighted by Gasteiger charge is 2.14. The number of nitrogens with zero attached hydrogens (tertiary/aromatic N) is 1. The van der Waals surface area contributed by atoms with Gasteiger partial charge in [-0.1, -0.05) is 11.6 Å². The second-order valence-electron chi connectivity index (χ2n) is 5.06. The monoisotopic (exact) mass is 268 g/mol. The van der Waals surface area contributed by atoms with Gasteiger partial charge in [0.15, 0.2) is 0 Å². The minimum atomic E-state index is 0.306. The minimum absolute atomic E-state index is 0.306. The number of hydrogen-bond acceptors (Lipinski definition) is 3. The molecule has 3 nitrogen and oxygen atoms in total. The number of rotatable bonds is 5. The quantitative estimate of drug-likeness (QED) is 0.862. The minimum Gasteiger partial charge on any atom is -0.508 e. The predicted molar refractivity (Wildman–Crippen MR) is 75.1 cm³/mol. The molecule has 0 aromatic heterocycles. The van der Waals surface area contributed by atoms with Crippen LogP contribution in [-0.4, -0.2) is 35.7 Å². The molecule has 0 aliphatic carbocycles. The summed E-state index contributed by atoms with van der Waals surface area (Å²) in [5, 5.41) is 13.8. The van der Waals surface area contributed by atoms with Crippen LogP contribution in [0, 0.1) is 0 Å². The van der Waals surface area contributed by atoms with E-state index in [-0.39, 0.29) is 0 Å². The summed E-state index contributed by atoms with van der Waals surface area (Å²) in [6.07, 6.45) is 2.64. The molecule has 4 heteroatoms. The molecule has 2 N–H and O–H groups in total. The molecule has 1 aliphatic heterocycles. The maximum atomic E-state index is 9.72. The van der Waals surface area contributed by atoms with Gasteiger partial charge in [-0.15, -0.1) is 0 Å². The number of halogens is 1. The lowest BCUT2D eigenvalue weighted by Gasteiger charge is -2.21. The average Bonchev–Trinajstić information content (AvgIpc) is 2.83. The molecule has 0 saturated carbocycles. The largest absolute Gasteiger partial charge is 0.508 e. The van der Waals surface area contributed by atoms with E-state index in [2.05, 4.69) is 17.1 Å². The Kier molecular flexibility index (Phi) is 4.87. The number of aromatic hydroxyl groups is 1. The van der Waals surface area contributed by atoms with Crippen molar-refractivity contribution in [3.8, 4) is 5.75 Å². The molecule has 1 heterocycles. The van der Waals surface area contributed by atoms with Crippen molar-refractivity contribution in [1.29, 1.82) is 0 Å². The van der Waals surface area contributed by atoms with Gasteiger partial charge in [0.25, 0.3) is 0 Å². The second-order valence-corrected chi connectivity index (χ2v) is 5.50. The summed E-state index contributed by atoms with van der Waals surface area (Å²) < 4.78 is 0. The van der Waals surface area contributed by atoms with Crippen molar-refractivity contribution < 1.29 is 5.11 Å². The van der Waals surface area contributed by atoms with Crippen LogP contribution in [-0.2, 0) is 6.54 Å². The molecule has 100 valence electrons. The Morgan fingerprint density at radius 3 is 2.83 bits per heavy atom. The van der Waals surface area contributed by atoms with E-state index in [9.17, 15) is 5.11 Å². The summed E-state index contributed by atoms with van der Waals surface area (Å²) in [7, 11) is 0. The SMILES string of the molecule is CC(CN1CCCC1)NCc1cc(Cl)ccc1O. The summed E-state index contributed by atoms with van der Waals surface area (Å²) in [5.41, 5.74) is 0.857. The van der Waals surface area contributed by atoms with E-state index in [4.69, 9.17) is 11.6 Å². The van der Waals surface area contributed by atoms with Gasteiger partial charge < -0.3 is 15.3 Å². The van der Waals surface area contributed by atoms with Gasteiger partial charge in [-0.2, -0.15) is 0 Å². The smallest absolute Gasteiger partial charge is 0.120 e. The van der Waals surface area contributed by atoms with Gasteiger partial charge >= 0.3 is 0 Å². The first kappa shape index (κ1) is 13.7. The van der Waals surface area contributed by atoms with Crippen molar-refractivity contribution >= 4 is 11.6 Å². The highest BCUT2D eigenvalue weighted by Crippen LogP contribution is 2.21. The van der Waals surface area contributed by atoms with Crippen LogP contribution >= 0.6 is 11.6 Å². The van der Waals surface area contributed by atoms with Crippen LogP contribution in [0.1, 0.15) is 25.3 Å². The summed E-state index contributed by atoms with van der Waals surface area (Å²) in [4.78, 5) is 2.48. The third-order valence-electron chi connectivity index (χ3n) is 3.41. The highest BCUT2D eigenvalue weighted by atomic mass is 35.5. The van der Waals surface area contributed by atoms with E-state index in [1.54, 1.807) is 12.1 Å². The van der Waals surface area contributed by atoms with Gasteiger partial charge in [0.05, 0.1) is 0 Å². The van der Waals surface area contributed by atoms with Crippen LogP contribution < -0.4 is 5.32 Å². The lowest BCUT2D eigenvalue weighted by atomic mass is 10.2. The Bertz CT molecular complexity index is 391. The number of likely N-dealkylation sites (tertiary alicyclic amines) is 1. The molecular formula is C14H21ClN2O. The Labute approximate surface area is 114 Å². The Balaban J connectivity index is 1.81. The van der Waals surface area contributed by atoms with Gasteiger partial charge in [-0.3, -0.25) is 0 Å². The van der Waals surface area contributed by atoms with Crippen molar-refractivity contribution in [2.24, 2.45) is 0 Å². The first-order valence-electron chi connectivity index (χ1n) is 6.58. The fraction of sp³-hybridized carbons (Fsp3) is 0.571. The second kappa shape index (κ2) is 6.41. The molecule has 0 bridgehead atoms. The molecule has 1 aromatic carbocycles. The number of nitrogens with one attached hydrogen (secondary N) is 1. The number of phenolic OH excluding ortho intramolecular Hbond substituents is 1. The molecule has 1 unspecified atom stereocenters. The van der Waals surface area contributed by atoms with E-state index < -0.39 is 0 Å². The summed E-state index contributed by atoms with van der Waals surface area (Å²) in [6.45, 7) is 6.34. The van der Waals surface area contributed by atoms with E-state index in [0.717, 1.165) is 12.1 Å². The molecule has 1 atom stereocenters. The van der Waals surface area contributed by atoms with Crippen LogP contribution in [0.2, 0.25) is 5.02 Å². The van der Waals surface area contributed by atoms with Gasteiger partial charge in [0.1, 0.15) is 5.75 Å². The average molecular weight is 269 g/mol. The first-order chi connectivity index (χ1) is 8.65. The van der Waals surface area contributed by atoms with Crippen LogP contribution in [0.3, 0.4) is 0 Å². The molecule has 1 fully saturated rings. The number of hydrogen-bond donors (Lipinski definition) is 2. The zero-order valence-electron chi connectivity index (χ0n) is 10.8. The maximum absolute atomic E-state index is 9.72. The standard InChI is InChI=1S/C14H21ClN2O/c1-11(10-17-6-2-3-7-17)16-9-12-8-13(15)4-5-14(12)18/h4-5,8,11,16,18H,2-3,6-7,9-10H2,1H3. The van der Waals surface area contributed by atoms with Crippen molar-refractivity contribution in [2.45, 2.75) is 32.4 Å². The number of benzene rings is 1. The van der Waals surface area contributed by atoms with Gasteiger partial charge in [-0.05, 0) is 51.1 Å². The highest BCUT2D eigenvalue weighted by molar-refractivity contribution is 6.30. The molecule has 0 spiro atoms. The third-order valence-corrected chi connectivity index (χ3v) is 3.65. The van der Waals surface area contributed by atoms with Crippen LogP contribution in [0.5, 0.6) is 5.75 Å². The Hall–Kier alpha value is -0.770. The molecule has 1 saturated heterocycles. The molecular weight excluding hydrogens is 248 g/mol. The Morgan fingerprint density at radius 1 is 1.39 bits per heavy atom. The molecule has 1 aromatic rings. The summed E-state index contributed by atoms with van der Waals surface area (Å²) in [5.74, 6) is 0.306. The lowest BCUT2D eigenvalue weighted by molar-refractivity contribution is 0.297. The maximum Gasteiger partial charge on any atom is 0.120 e. The van der Waals surface area contributed by atoms with Gasteiger partial charge in [0, 0.05) is 29.7 Å². The topological polar surface area (TPSA) is 35.5 Å². The fourth-order valence-electron chi connectivity index (χ4n) is 2.40. The van der Waals surface area contributed by atoms with E-state index in [1.165, 1.54) is 25.9 Å². The van der Waals surface area contributed by atoms with Crippen LogP contribution in [0.25, 0.3) is 0 Å². The normalized spacial score (nSPS) is 18.1. The predicted octanol–water partition coefficient (Wildman–Crippen LogP) is 2.62. The van der Waals surface area contributed by atoms with E-state index >= 15 is 0 Å². The lowest BCUT2D eigenvalue weighted by Crippen LogP contribution is -2.37. The summed E-state index contributed by atoms with van der Waals surface area (Å²) >= 11 is 5.92. The zero-order chi connectivity index (χ0) is 13.0.